The second kappa shape index (κ2) is 9.67. The van der Waals surface area contributed by atoms with Gasteiger partial charge >= 0.3 is 0 Å². The van der Waals surface area contributed by atoms with E-state index in [0.29, 0.717) is 34.8 Å². The highest BCUT2D eigenvalue weighted by atomic mass is 35.5. The zero-order valence-electron chi connectivity index (χ0n) is 19.0. The number of carbonyl (C=O) groups excluding carboxylic acids is 1. The standard InChI is InChI=1S/C26H20ClN5O3S/c27-18-5-3-4-17(10-18)13-32-20-7-2-1-6-19(20)24-25(32)29-26(31-30-24)36-14-23(33)28-12-16-8-9-21-22(11-16)35-15-34-21/h1-11H,12-15H2,(H,28,33). The fourth-order valence-electron chi connectivity index (χ4n) is 4.16. The number of fused-ring (bicyclic) bond motifs is 4. The number of benzene rings is 3. The molecule has 180 valence electrons. The van der Waals surface area contributed by atoms with Gasteiger partial charge in [0.05, 0.1) is 11.3 Å². The highest BCUT2D eigenvalue weighted by Gasteiger charge is 2.17. The van der Waals surface area contributed by atoms with Gasteiger partial charge in [-0.25, -0.2) is 4.98 Å². The first-order valence-corrected chi connectivity index (χ1v) is 12.6. The van der Waals surface area contributed by atoms with E-state index in [9.17, 15) is 4.79 Å². The Kier molecular flexibility index (Phi) is 6.08. The van der Waals surface area contributed by atoms with Crippen LogP contribution in [0.5, 0.6) is 11.5 Å². The number of ether oxygens (including phenoxy) is 2. The average Bonchev–Trinajstić information content (AvgIpc) is 3.49. The van der Waals surface area contributed by atoms with Crippen molar-refractivity contribution in [2.24, 2.45) is 0 Å². The van der Waals surface area contributed by atoms with Crippen LogP contribution in [0.1, 0.15) is 11.1 Å². The Balaban J connectivity index is 1.19. The summed E-state index contributed by atoms with van der Waals surface area (Å²) in [4.78, 5) is 17.3. The molecule has 3 aromatic carbocycles. The maximum Gasteiger partial charge on any atom is 0.231 e. The Morgan fingerprint density at radius 2 is 1.89 bits per heavy atom. The fraction of sp³-hybridized carbons (Fsp3) is 0.154. The molecular formula is C26H20ClN5O3S. The summed E-state index contributed by atoms with van der Waals surface area (Å²) in [6, 6.07) is 21.4. The number of carbonyl (C=O) groups is 1. The highest BCUT2D eigenvalue weighted by molar-refractivity contribution is 7.99. The SMILES string of the molecule is O=C(CSc1nnc2c3ccccc3n(Cc3cccc(Cl)c3)c2n1)NCc1ccc2c(c1)OCO2. The van der Waals surface area contributed by atoms with Crippen molar-refractivity contribution in [2.45, 2.75) is 18.2 Å². The van der Waals surface area contributed by atoms with E-state index < -0.39 is 0 Å². The van der Waals surface area contributed by atoms with Gasteiger partial charge in [0.2, 0.25) is 17.9 Å². The van der Waals surface area contributed by atoms with Crippen molar-refractivity contribution in [3.63, 3.8) is 0 Å². The Labute approximate surface area is 215 Å². The average molecular weight is 518 g/mol. The first kappa shape index (κ1) is 22.6. The summed E-state index contributed by atoms with van der Waals surface area (Å²) in [5.74, 6) is 1.46. The lowest BCUT2D eigenvalue weighted by Crippen LogP contribution is -2.24. The summed E-state index contributed by atoms with van der Waals surface area (Å²) < 4.78 is 12.8. The first-order chi connectivity index (χ1) is 17.6. The van der Waals surface area contributed by atoms with Crippen molar-refractivity contribution >= 4 is 51.3 Å². The van der Waals surface area contributed by atoms with E-state index in [-0.39, 0.29) is 18.5 Å². The number of nitrogens with zero attached hydrogens (tertiary/aromatic N) is 4. The molecule has 0 unspecified atom stereocenters. The van der Waals surface area contributed by atoms with Crippen molar-refractivity contribution in [2.75, 3.05) is 12.5 Å². The molecular weight excluding hydrogens is 498 g/mol. The van der Waals surface area contributed by atoms with Crippen LogP contribution in [-0.4, -0.2) is 38.2 Å². The molecule has 1 N–H and O–H groups in total. The monoisotopic (exact) mass is 517 g/mol. The van der Waals surface area contributed by atoms with Gasteiger partial charge in [-0.1, -0.05) is 59.8 Å². The van der Waals surface area contributed by atoms with Gasteiger partial charge < -0.3 is 19.4 Å². The van der Waals surface area contributed by atoms with E-state index >= 15 is 0 Å². The van der Waals surface area contributed by atoms with Crippen molar-refractivity contribution in [1.29, 1.82) is 0 Å². The second-order valence-corrected chi connectivity index (χ2v) is 9.63. The van der Waals surface area contributed by atoms with Crippen LogP contribution >= 0.6 is 23.4 Å². The molecule has 6 rings (SSSR count). The lowest BCUT2D eigenvalue weighted by molar-refractivity contribution is -0.118. The highest BCUT2D eigenvalue weighted by Crippen LogP contribution is 2.32. The van der Waals surface area contributed by atoms with Crippen molar-refractivity contribution in [3.8, 4) is 11.5 Å². The predicted octanol–water partition coefficient (Wildman–Crippen LogP) is 4.82. The predicted molar refractivity (Wildman–Crippen MR) is 139 cm³/mol. The molecule has 1 aliphatic heterocycles. The van der Waals surface area contributed by atoms with Crippen LogP contribution < -0.4 is 14.8 Å². The molecule has 0 fully saturated rings. The molecule has 0 spiro atoms. The number of aromatic nitrogens is 4. The molecule has 0 radical (unpaired) electrons. The third-order valence-corrected chi connectivity index (χ3v) is 6.92. The lowest BCUT2D eigenvalue weighted by Gasteiger charge is -2.08. The number of hydrogen-bond donors (Lipinski definition) is 1. The number of para-hydroxylation sites is 1. The second-order valence-electron chi connectivity index (χ2n) is 8.25. The molecule has 5 aromatic rings. The molecule has 2 aromatic heterocycles. The molecule has 3 heterocycles. The largest absolute Gasteiger partial charge is 0.454 e. The number of rotatable bonds is 7. The molecule has 0 saturated carbocycles. The van der Waals surface area contributed by atoms with Gasteiger partial charge in [0.25, 0.3) is 0 Å². The van der Waals surface area contributed by atoms with Gasteiger partial charge in [-0.15, -0.1) is 10.2 Å². The number of hydrogen-bond acceptors (Lipinski definition) is 7. The van der Waals surface area contributed by atoms with Gasteiger partial charge in [-0.3, -0.25) is 4.79 Å². The Hall–Kier alpha value is -3.82. The first-order valence-electron chi connectivity index (χ1n) is 11.3. The Morgan fingerprint density at radius 3 is 2.81 bits per heavy atom. The lowest BCUT2D eigenvalue weighted by atomic mass is 10.2. The molecule has 1 aliphatic rings. The molecule has 0 aliphatic carbocycles. The number of halogens is 1. The summed E-state index contributed by atoms with van der Waals surface area (Å²) in [6.45, 7) is 1.20. The topological polar surface area (TPSA) is 91.2 Å². The van der Waals surface area contributed by atoms with Gasteiger partial charge in [-0.2, -0.15) is 0 Å². The minimum atomic E-state index is -0.124. The van der Waals surface area contributed by atoms with E-state index in [0.717, 1.165) is 33.2 Å². The summed E-state index contributed by atoms with van der Waals surface area (Å²) in [6.07, 6.45) is 0. The van der Waals surface area contributed by atoms with E-state index in [1.54, 1.807) is 0 Å². The molecule has 0 bridgehead atoms. The minimum absolute atomic E-state index is 0.124. The molecule has 0 saturated heterocycles. The molecule has 36 heavy (non-hydrogen) atoms. The molecule has 8 nitrogen and oxygen atoms in total. The maximum atomic E-state index is 12.5. The molecule has 0 atom stereocenters. The third-order valence-electron chi connectivity index (χ3n) is 5.84. The van der Waals surface area contributed by atoms with Crippen LogP contribution in [0.4, 0.5) is 0 Å². The van der Waals surface area contributed by atoms with E-state index in [1.165, 1.54) is 11.8 Å². The van der Waals surface area contributed by atoms with Gasteiger partial charge in [0, 0.05) is 23.5 Å². The quantitative estimate of drug-likeness (QED) is 0.309. The van der Waals surface area contributed by atoms with Crippen molar-refractivity contribution in [3.05, 3.63) is 82.9 Å². The minimum Gasteiger partial charge on any atom is -0.454 e. The Bertz CT molecular complexity index is 1610. The maximum absolute atomic E-state index is 12.5. The summed E-state index contributed by atoms with van der Waals surface area (Å²) in [5.41, 5.74) is 4.44. The normalized spacial score (nSPS) is 12.4. The van der Waals surface area contributed by atoms with E-state index in [2.05, 4.69) is 20.1 Å². The van der Waals surface area contributed by atoms with Crippen LogP contribution in [0.15, 0.2) is 71.9 Å². The van der Waals surface area contributed by atoms with Gasteiger partial charge in [0.1, 0.15) is 5.52 Å². The smallest absolute Gasteiger partial charge is 0.231 e. The van der Waals surface area contributed by atoms with E-state index in [4.69, 9.17) is 26.1 Å². The summed E-state index contributed by atoms with van der Waals surface area (Å²) in [5, 5.41) is 13.8. The zero-order chi connectivity index (χ0) is 24.5. The molecule has 10 heteroatoms. The van der Waals surface area contributed by atoms with Crippen molar-refractivity contribution < 1.29 is 14.3 Å². The van der Waals surface area contributed by atoms with E-state index in [1.807, 2.05) is 66.7 Å². The zero-order valence-corrected chi connectivity index (χ0v) is 20.6. The van der Waals surface area contributed by atoms with Gasteiger partial charge in [0.15, 0.2) is 17.1 Å². The number of nitrogens with one attached hydrogen (secondary N) is 1. The van der Waals surface area contributed by atoms with Crippen LogP contribution in [0.2, 0.25) is 5.02 Å². The summed E-state index contributed by atoms with van der Waals surface area (Å²) in [7, 11) is 0. The van der Waals surface area contributed by atoms with Crippen LogP contribution in [0.3, 0.4) is 0 Å². The number of thioether (sulfide) groups is 1. The summed E-state index contributed by atoms with van der Waals surface area (Å²) >= 11 is 7.46. The van der Waals surface area contributed by atoms with Crippen LogP contribution in [-0.2, 0) is 17.9 Å². The van der Waals surface area contributed by atoms with Gasteiger partial charge in [-0.05, 0) is 41.5 Å². The molecule has 1 amide bonds. The third kappa shape index (κ3) is 4.55. The number of amides is 1. The van der Waals surface area contributed by atoms with Crippen molar-refractivity contribution in [1.82, 2.24) is 25.1 Å². The Morgan fingerprint density at radius 1 is 1.00 bits per heavy atom. The van der Waals surface area contributed by atoms with Crippen LogP contribution in [0, 0.1) is 0 Å². The fourth-order valence-corrected chi connectivity index (χ4v) is 4.99. The van der Waals surface area contributed by atoms with Crippen LogP contribution in [0.25, 0.3) is 22.1 Å².